The standard InChI is InChI=1S/C13H16O2S/c16-13-14-11-5-9-7-3-1-2-4-8(9)10(7)6-12(11)15-13/h1-2,7-12H,3-6H2/t7?,8?,9?,10?,11-,12+. The molecule has 3 heteroatoms. The smallest absolute Gasteiger partial charge is 0.353 e. The Morgan fingerprint density at radius 2 is 1.38 bits per heavy atom. The molecule has 4 aliphatic carbocycles. The minimum Gasteiger partial charge on any atom is -0.450 e. The molecule has 0 amide bonds. The van der Waals surface area contributed by atoms with Crippen LogP contribution in [-0.2, 0) is 9.47 Å². The molecule has 0 radical (unpaired) electrons. The third-order valence-corrected chi connectivity index (χ3v) is 5.29. The van der Waals surface area contributed by atoms with E-state index < -0.39 is 0 Å². The SMILES string of the molecule is S=C1O[C@H]2CC3C4CC=CCC3C4C[C@H]2O1. The number of allylic oxidation sites excluding steroid dienone is 2. The number of rotatable bonds is 0. The summed E-state index contributed by atoms with van der Waals surface area (Å²) in [6.07, 6.45) is 10.2. The van der Waals surface area contributed by atoms with Crippen molar-refractivity contribution in [3.8, 4) is 0 Å². The van der Waals surface area contributed by atoms with E-state index in [0.717, 1.165) is 23.7 Å². The van der Waals surface area contributed by atoms with Gasteiger partial charge in [-0.1, -0.05) is 12.2 Å². The normalized spacial score (nSPS) is 52.9. The first-order valence-corrected chi connectivity index (χ1v) is 6.76. The molecule has 2 unspecified atom stereocenters. The van der Waals surface area contributed by atoms with Crippen molar-refractivity contribution in [2.75, 3.05) is 0 Å². The van der Waals surface area contributed by atoms with E-state index in [0.29, 0.717) is 5.24 Å². The van der Waals surface area contributed by atoms with Gasteiger partial charge in [-0.2, -0.15) is 0 Å². The van der Waals surface area contributed by atoms with Gasteiger partial charge in [0.1, 0.15) is 12.2 Å². The van der Waals surface area contributed by atoms with Crippen molar-refractivity contribution in [3.05, 3.63) is 12.2 Å². The van der Waals surface area contributed by atoms with Gasteiger partial charge in [-0.25, -0.2) is 0 Å². The highest BCUT2D eigenvalue weighted by molar-refractivity contribution is 7.79. The highest BCUT2D eigenvalue weighted by Crippen LogP contribution is 2.59. The third-order valence-electron chi connectivity index (χ3n) is 5.10. The average molecular weight is 236 g/mol. The van der Waals surface area contributed by atoms with E-state index in [2.05, 4.69) is 12.2 Å². The molecule has 5 rings (SSSR count). The zero-order valence-electron chi connectivity index (χ0n) is 9.17. The van der Waals surface area contributed by atoms with E-state index in [1.807, 2.05) is 0 Å². The molecule has 1 saturated heterocycles. The van der Waals surface area contributed by atoms with Gasteiger partial charge in [0.2, 0.25) is 0 Å². The summed E-state index contributed by atoms with van der Waals surface area (Å²) in [7, 11) is 0. The van der Waals surface area contributed by atoms with Gasteiger partial charge in [-0.3, -0.25) is 0 Å². The van der Waals surface area contributed by atoms with E-state index in [1.54, 1.807) is 0 Å². The lowest BCUT2D eigenvalue weighted by atomic mass is 9.55. The van der Waals surface area contributed by atoms with E-state index in [-0.39, 0.29) is 12.2 Å². The van der Waals surface area contributed by atoms with Crippen LogP contribution in [0.1, 0.15) is 25.7 Å². The van der Waals surface area contributed by atoms with Gasteiger partial charge in [-0.15, -0.1) is 0 Å². The molecule has 4 fully saturated rings. The first kappa shape index (κ1) is 9.46. The summed E-state index contributed by atoms with van der Waals surface area (Å²) in [6, 6.07) is 0. The summed E-state index contributed by atoms with van der Waals surface area (Å²) >= 11 is 5.00. The summed E-state index contributed by atoms with van der Waals surface area (Å²) in [5, 5.41) is 0.386. The van der Waals surface area contributed by atoms with Crippen molar-refractivity contribution >= 4 is 17.5 Å². The van der Waals surface area contributed by atoms with Gasteiger partial charge in [0.05, 0.1) is 0 Å². The number of thiocarbonyl (C=S) groups is 1. The molecule has 1 heterocycles. The van der Waals surface area contributed by atoms with Crippen molar-refractivity contribution < 1.29 is 9.47 Å². The number of hydrogen-bond acceptors (Lipinski definition) is 3. The first-order chi connectivity index (χ1) is 7.83. The maximum atomic E-state index is 5.64. The number of ether oxygens (including phenoxy) is 2. The lowest BCUT2D eigenvalue weighted by Gasteiger charge is -2.50. The van der Waals surface area contributed by atoms with Crippen LogP contribution in [0.4, 0.5) is 0 Å². The third kappa shape index (κ3) is 1.15. The lowest BCUT2D eigenvalue weighted by molar-refractivity contribution is -0.0221. The Morgan fingerprint density at radius 3 is 1.88 bits per heavy atom. The summed E-state index contributed by atoms with van der Waals surface area (Å²) in [5.74, 6) is 3.52. The van der Waals surface area contributed by atoms with Crippen LogP contribution in [0.15, 0.2) is 12.2 Å². The molecule has 4 bridgehead atoms. The molecule has 0 spiro atoms. The summed E-state index contributed by atoms with van der Waals surface area (Å²) < 4.78 is 11.3. The largest absolute Gasteiger partial charge is 0.450 e. The highest BCUT2D eigenvalue weighted by atomic mass is 32.1. The van der Waals surface area contributed by atoms with Crippen LogP contribution >= 0.6 is 12.2 Å². The van der Waals surface area contributed by atoms with Crippen molar-refractivity contribution in [3.63, 3.8) is 0 Å². The molecule has 3 saturated carbocycles. The van der Waals surface area contributed by atoms with Crippen molar-refractivity contribution in [1.29, 1.82) is 0 Å². The van der Waals surface area contributed by atoms with Crippen LogP contribution in [0.25, 0.3) is 0 Å². The zero-order chi connectivity index (χ0) is 10.7. The Kier molecular flexibility index (Phi) is 1.90. The molecular weight excluding hydrogens is 220 g/mol. The van der Waals surface area contributed by atoms with E-state index >= 15 is 0 Å². The molecular formula is C13H16O2S. The fourth-order valence-electron chi connectivity index (χ4n) is 4.39. The predicted octanol–water partition coefficient (Wildman–Crippen LogP) is 2.68. The molecule has 4 atom stereocenters. The maximum absolute atomic E-state index is 5.64. The average Bonchev–Trinajstić information content (AvgIpc) is 2.53. The molecule has 0 aromatic rings. The molecule has 86 valence electrons. The molecule has 2 nitrogen and oxygen atoms in total. The van der Waals surface area contributed by atoms with Crippen LogP contribution in [0.2, 0.25) is 0 Å². The van der Waals surface area contributed by atoms with E-state index in [1.165, 1.54) is 25.7 Å². The lowest BCUT2D eigenvalue weighted by Crippen LogP contribution is -2.45. The molecule has 5 aliphatic rings. The molecule has 0 aromatic carbocycles. The molecule has 0 N–H and O–H groups in total. The van der Waals surface area contributed by atoms with Gasteiger partial charge < -0.3 is 9.47 Å². The van der Waals surface area contributed by atoms with Crippen LogP contribution in [-0.4, -0.2) is 17.4 Å². The second-order valence-corrected chi connectivity index (χ2v) is 5.97. The van der Waals surface area contributed by atoms with Gasteiger partial charge in [-0.05, 0) is 49.4 Å². The highest BCUT2D eigenvalue weighted by Gasteiger charge is 2.56. The van der Waals surface area contributed by atoms with E-state index in [4.69, 9.17) is 21.7 Å². The van der Waals surface area contributed by atoms with Gasteiger partial charge in [0, 0.05) is 12.2 Å². The second kappa shape index (κ2) is 3.22. The summed E-state index contributed by atoms with van der Waals surface area (Å²) in [4.78, 5) is 0. The fourth-order valence-corrected chi connectivity index (χ4v) is 4.64. The monoisotopic (exact) mass is 236 g/mol. The Bertz CT molecular complexity index is 325. The molecule has 1 aliphatic heterocycles. The maximum Gasteiger partial charge on any atom is 0.353 e. The Hall–Kier alpha value is -0.570. The topological polar surface area (TPSA) is 18.5 Å². The Morgan fingerprint density at radius 1 is 0.875 bits per heavy atom. The van der Waals surface area contributed by atoms with E-state index in [9.17, 15) is 0 Å². The van der Waals surface area contributed by atoms with Crippen molar-refractivity contribution in [2.45, 2.75) is 37.9 Å². The minimum atomic E-state index is 0.257. The second-order valence-electron chi connectivity index (χ2n) is 5.63. The van der Waals surface area contributed by atoms with Crippen LogP contribution < -0.4 is 0 Å². The minimum absolute atomic E-state index is 0.257. The van der Waals surface area contributed by atoms with Crippen LogP contribution in [0, 0.1) is 23.7 Å². The summed E-state index contributed by atoms with van der Waals surface area (Å²) in [6.45, 7) is 0. The Labute approximate surface area is 101 Å². The van der Waals surface area contributed by atoms with Crippen LogP contribution in [0.5, 0.6) is 0 Å². The number of hydrogen-bond donors (Lipinski definition) is 0. The van der Waals surface area contributed by atoms with Crippen LogP contribution in [0.3, 0.4) is 0 Å². The molecule has 16 heavy (non-hydrogen) atoms. The van der Waals surface area contributed by atoms with Crippen molar-refractivity contribution in [1.82, 2.24) is 0 Å². The van der Waals surface area contributed by atoms with Gasteiger partial charge >= 0.3 is 5.24 Å². The van der Waals surface area contributed by atoms with Crippen molar-refractivity contribution in [2.24, 2.45) is 23.7 Å². The fraction of sp³-hybridized carbons (Fsp3) is 0.769. The van der Waals surface area contributed by atoms with Gasteiger partial charge in [0.25, 0.3) is 0 Å². The summed E-state index contributed by atoms with van der Waals surface area (Å²) in [5.41, 5.74) is 0. The quantitative estimate of drug-likeness (QED) is 0.476. The predicted molar refractivity (Wildman–Crippen MR) is 63.9 cm³/mol. The molecule has 0 aromatic heterocycles. The van der Waals surface area contributed by atoms with Gasteiger partial charge in [0.15, 0.2) is 0 Å². The first-order valence-electron chi connectivity index (χ1n) is 6.35. The Balaban J connectivity index is 1.61. The zero-order valence-corrected chi connectivity index (χ0v) is 9.99.